The summed E-state index contributed by atoms with van der Waals surface area (Å²) >= 11 is 0. The maximum Gasteiger partial charge on any atom is 0.472 e. The van der Waals surface area contributed by atoms with Gasteiger partial charge in [-0.2, -0.15) is 0 Å². The lowest BCUT2D eigenvalue weighted by atomic mass is 9.99. The first kappa shape index (κ1) is 97.1. The van der Waals surface area contributed by atoms with Crippen LogP contribution >= 0.6 is 15.6 Å². The summed E-state index contributed by atoms with van der Waals surface area (Å²) in [6.45, 7) is 11.9. The molecule has 19 heteroatoms. The lowest BCUT2D eigenvalue weighted by molar-refractivity contribution is -0.161. The summed E-state index contributed by atoms with van der Waals surface area (Å²) < 4.78 is 68.6. The van der Waals surface area contributed by atoms with E-state index in [1.807, 2.05) is 0 Å². The van der Waals surface area contributed by atoms with E-state index >= 15 is 0 Å². The van der Waals surface area contributed by atoms with Crippen molar-refractivity contribution in [3.8, 4) is 0 Å². The summed E-state index contributed by atoms with van der Waals surface area (Å²) in [4.78, 5) is 72.9. The zero-order valence-electron chi connectivity index (χ0n) is 65.0. The minimum Gasteiger partial charge on any atom is -0.462 e. The van der Waals surface area contributed by atoms with E-state index in [0.717, 1.165) is 108 Å². The van der Waals surface area contributed by atoms with Gasteiger partial charge in [-0.05, 0) is 43.4 Å². The van der Waals surface area contributed by atoms with E-state index in [1.54, 1.807) is 0 Å². The number of carbonyl (C=O) groups excluding carboxylic acids is 4. The van der Waals surface area contributed by atoms with Gasteiger partial charge in [0.05, 0.1) is 26.4 Å². The van der Waals surface area contributed by atoms with Crippen LogP contribution in [0.25, 0.3) is 0 Å². The number of aliphatic hydroxyl groups excluding tert-OH is 1. The van der Waals surface area contributed by atoms with Crippen LogP contribution in [-0.2, 0) is 65.4 Å². The Morgan fingerprint density at radius 2 is 0.515 bits per heavy atom. The third kappa shape index (κ3) is 72.8. The van der Waals surface area contributed by atoms with Gasteiger partial charge in [0, 0.05) is 25.7 Å². The van der Waals surface area contributed by atoms with Crippen LogP contribution in [0.15, 0.2) is 0 Å². The first-order valence-electron chi connectivity index (χ1n) is 41.4. The van der Waals surface area contributed by atoms with E-state index in [2.05, 4.69) is 48.5 Å². The number of unbranched alkanes of at least 4 members (excludes halogenated alkanes) is 45. The fourth-order valence-corrected chi connectivity index (χ4v) is 13.9. The highest BCUT2D eigenvalue weighted by atomic mass is 31.2. The van der Waals surface area contributed by atoms with Crippen molar-refractivity contribution in [1.29, 1.82) is 0 Å². The van der Waals surface area contributed by atoms with Crippen molar-refractivity contribution in [2.75, 3.05) is 39.6 Å². The van der Waals surface area contributed by atoms with E-state index in [1.165, 1.54) is 218 Å². The molecule has 3 N–H and O–H groups in total. The minimum absolute atomic E-state index is 0.106. The Bertz CT molecular complexity index is 1920. The molecule has 0 aliphatic rings. The maximum absolute atomic E-state index is 13.1. The largest absolute Gasteiger partial charge is 0.472 e. The van der Waals surface area contributed by atoms with Crippen molar-refractivity contribution in [1.82, 2.24) is 0 Å². The van der Waals surface area contributed by atoms with Crippen LogP contribution in [0.5, 0.6) is 0 Å². The highest BCUT2D eigenvalue weighted by Gasteiger charge is 2.30. The zero-order chi connectivity index (χ0) is 73.0. The molecule has 0 spiro atoms. The van der Waals surface area contributed by atoms with Crippen LogP contribution < -0.4 is 0 Å². The average molecular weight is 1450 g/mol. The highest BCUT2D eigenvalue weighted by Crippen LogP contribution is 2.45. The number of ether oxygens (including phenoxy) is 4. The smallest absolute Gasteiger partial charge is 0.462 e. The van der Waals surface area contributed by atoms with Gasteiger partial charge < -0.3 is 33.8 Å². The van der Waals surface area contributed by atoms with Gasteiger partial charge >= 0.3 is 39.5 Å². The van der Waals surface area contributed by atoms with Crippen molar-refractivity contribution in [2.24, 2.45) is 17.8 Å². The molecule has 0 bridgehead atoms. The monoisotopic (exact) mass is 1450 g/mol. The molecule has 0 aliphatic carbocycles. The molecule has 99 heavy (non-hydrogen) atoms. The van der Waals surface area contributed by atoms with Crippen LogP contribution in [0.1, 0.15) is 414 Å². The zero-order valence-corrected chi connectivity index (χ0v) is 66.8. The first-order chi connectivity index (χ1) is 47.8. The van der Waals surface area contributed by atoms with E-state index in [-0.39, 0.29) is 25.7 Å². The minimum atomic E-state index is -4.96. The number of carbonyl (C=O) groups is 4. The van der Waals surface area contributed by atoms with Gasteiger partial charge in [-0.3, -0.25) is 37.3 Å². The Morgan fingerprint density at radius 1 is 0.293 bits per heavy atom. The maximum atomic E-state index is 13.1. The Labute approximate surface area is 607 Å². The van der Waals surface area contributed by atoms with Crippen molar-refractivity contribution in [3.63, 3.8) is 0 Å². The lowest BCUT2D eigenvalue weighted by Crippen LogP contribution is -2.30. The molecule has 3 unspecified atom stereocenters. The third-order valence-corrected chi connectivity index (χ3v) is 20.9. The molecule has 0 radical (unpaired) electrons. The van der Waals surface area contributed by atoms with Crippen LogP contribution in [-0.4, -0.2) is 96.7 Å². The topological polar surface area (TPSA) is 237 Å². The van der Waals surface area contributed by atoms with Gasteiger partial charge in [0.25, 0.3) is 0 Å². The second-order valence-electron chi connectivity index (χ2n) is 30.0. The van der Waals surface area contributed by atoms with Gasteiger partial charge in [0.2, 0.25) is 0 Å². The van der Waals surface area contributed by atoms with Crippen LogP contribution in [0.3, 0.4) is 0 Å². The summed E-state index contributed by atoms with van der Waals surface area (Å²) in [5.41, 5.74) is 0. The predicted molar refractivity (Wildman–Crippen MR) is 405 cm³/mol. The standard InChI is InChI=1S/C80H156O17P2/c1-8-10-11-12-13-14-27-35-40-49-56-63-79(84)97-76(68-91-78(83)62-55-48-43-42-45-52-59-72(5)6)70-95-99(88,89)93-66-74(81)65-92-98(86,87)94-69-75(67-90-77(82)61-54-47-39-34-30-25-22-21-23-28-32-37-44-51-58-71(3)4)96-80(85)64-57-50-41-36-31-26-20-18-16-15-17-19-24-29-33-38-46-53-60-73(7)9-2/h71-76,81H,8-70H2,1-7H3,(H,86,87)(H,88,89)/t73?,74-,75-,76-/m1/s1. The van der Waals surface area contributed by atoms with Crippen molar-refractivity contribution in [2.45, 2.75) is 433 Å². The molecule has 0 aromatic heterocycles. The molecule has 0 fully saturated rings. The fraction of sp³-hybridized carbons (Fsp3) is 0.950. The number of esters is 4. The molecule has 0 aromatic rings. The molecule has 0 aromatic carbocycles. The molecule has 0 amide bonds. The van der Waals surface area contributed by atoms with Crippen LogP contribution in [0.2, 0.25) is 0 Å². The Balaban J connectivity index is 5.19. The van der Waals surface area contributed by atoms with E-state index in [9.17, 15) is 43.2 Å². The fourth-order valence-electron chi connectivity index (χ4n) is 12.3. The molecule has 0 heterocycles. The molecule has 0 aliphatic heterocycles. The number of hydrogen-bond donors (Lipinski definition) is 3. The summed E-state index contributed by atoms with van der Waals surface area (Å²) in [7, 11) is -9.91. The molecule has 588 valence electrons. The molecule has 0 saturated heterocycles. The lowest BCUT2D eigenvalue weighted by Gasteiger charge is -2.21. The summed E-state index contributed by atoms with van der Waals surface area (Å²) in [5, 5.41) is 10.6. The number of phosphoric ester groups is 2. The first-order valence-corrected chi connectivity index (χ1v) is 44.4. The SMILES string of the molecule is CCCCCCCCCCCCCC(=O)O[C@H](COC(=O)CCCCCCCCC(C)C)COP(=O)(O)OC[C@H](O)COP(=O)(O)OC[C@@H](COC(=O)CCCCCCCCCCCCCCCCC(C)C)OC(=O)CCCCCCCCCCCCCCCCCCCCC(C)CC. The molecular weight excluding hydrogens is 1290 g/mol. The number of rotatable bonds is 78. The predicted octanol–water partition coefficient (Wildman–Crippen LogP) is 23.7. The number of aliphatic hydroxyl groups is 1. The summed E-state index contributed by atoms with van der Waals surface area (Å²) in [6.07, 6.45) is 58.5. The normalized spacial score (nSPS) is 14.3. The van der Waals surface area contributed by atoms with Gasteiger partial charge in [0.1, 0.15) is 19.3 Å². The summed E-state index contributed by atoms with van der Waals surface area (Å²) in [6, 6.07) is 0. The Hall–Kier alpha value is -1.94. The van der Waals surface area contributed by atoms with Gasteiger partial charge in [-0.1, -0.05) is 363 Å². The van der Waals surface area contributed by atoms with E-state index in [0.29, 0.717) is 31.6 Å². The Kier molecular flexibility index (Phi) is 69.0. The van der Waals surface area contributed by atoms with Gasteiger partial charge in [-0.25, -0.2) is 9.13 Å². The van der Waals surface area contributed by atoms with Crippen molar-refractivity contribution in [3.05, 3.63) is 0 Å². The van der Waals surface area contributed by atoms with Crippen LogP contribution in [0.4, 0.5) is 0 Å². The number of hydrogen-bond acceptors (Lipinski definition) is 15. The summed E-state index contributed by atoms with van der Waals surface area (Å²) in [5.74, 6) is 0.235. The quantitative estimate of drug-likeness (QED) is 0.0222. The molecule has 17 nitrogen and oxygen atoms in total. The third-order valence-electron chi connectivity index (χ3n) is 19.0. The highest BCUT2D eigenvalue weighted by molar-refractivity contribution is 7.47. The van der Waals surface area contributed by atoms with Crippen LogP contribution in [0, 0.1) is 17.8 Å². The molecular formula is C80H156O17P2. The second-order valence-corrected chi connectivity index (χ2v) is 32.9. The van der Waals surface area contributed by atoms with Crippen molar-refractivity contribution >= 4 is 39.5 Å². The average Bonchev–Trinajstić information content (AvgIpc) is 1.04. The number of phosphoric acid groups is 2. The molecule has 0 rings (SSSR count). The van der Waals surface area contributed by atoms with Gasteiger partial charge in [0.15, 0.2) is 12.2 Å². The Morgan fingerprint density at radius 3 is 0.768 bits per heavy atom. The van der Waals surface area contributed by atoms with Gasteiger partial charge in [-0.15, -0.1) is 0 Å². The second kappa shape index (κ2) is 70.4. The molecule has 6 atom stereocenters. The van der Waals surface area contributed by atoms with E-state index < -0.39 is 97.5 Å². The molecule has 0 saturated carbocycles. The van der Waals surface area contributed by atoms with Crippen molar-refractivity contribution < 1.29 is 80.2 Å². The van der Waals surface area contributed by atoms with E-state index in [4.69, 9.17) is 37.0 Å².